The van der Waals surface area contributed by atoms with Gasteiger partial charge in [0.25, 0.3) is 11.8 Å². The van der Waals surface area contributed by atoms with Crippen molar-refractivity contribution in [1.29, 1.82) is 0 Å². The molecule has 206 valence electrons. The summed E-state index contributed by atoms with van der Waals surface area (Å²) in [6, 6.07) is 5.67. The number of halogens is 5. The summed E-state index contributed by atoms with van der Waals surface area (Å²) in [5, 5.41) is 17.0. The highest BCUT2D eigenvalue weighted by Gasteiger charge is 2.61. The van der Waals surface area contributed by atoms with E-state index >= 15 is 0 Å². The third kappa shape index (κ3) is 5.96. The Morgan fingerprint density at radius 2 is 1.63 bits per heavy atom. The van der Waals surface area contributed by atoms with E-state index in [1.165, 1.54) is 12.1 Å². The van der Waals surface area contributed by atoms with Crippen LogP contribution in [-0.4, -0.2) is 51.8 Å². The van der Waals surface area contributed by atoms with Gasteiger partial charge in [-0.05, 0) is 56.9 Å². The number of amides is 2. The highest BCUT2D eigenvalue weighted by molar-refractivity contribution is 6.30. The van der Waals surface area contributed by atoms with Crippen molar-refractivity contribution in [2.45, 2.75) is 61.9 Å². The third-order valence-electron chi connectivity index (χ3n) is 7.22. The quantitative estimate of drug-likeness (QED) is 0.425. The molecule has 1 atom stereocenters. The number of rotatable bonds is 8. The zero-order valence-electron chi connectivity index (χ0n) is 20.3. The number of nitrogens with one attached hydrogen (secondary N) is 2. The molecule has 8 nitrogen and oxygen atoms in total. The molecule has 13 heteroatoms. The van der Waals surface area contributed by atoms with Crippen LogP contribution in [0.25, 0.3) is 0 Å². The predicted molar refractivity (Wildman–Crippen MR) is 127 cm³/mol. The van der Waals surface area contributed by atoms with Crippen molar-refractivity contribution in [3.05, 3.63) is 53.1 Å². The zero-order chi connectivity index (χ0) is 27.8. The molecule has 0 radical (unpaired) electrons. The molecule has 0 saturated heterocycles. The fourth-order valence-corrected chi connectivity index (χ4v) is 5.38. The summed E-state index contributed by atoms with van der Waals surface area (Å²) in [5.41, 5.74) is -4.11. The van der Waals surface area contributed by atoms with Crippen LogP contribution in [0, 0.1) is 5.82 Å². The summed E-state index contributed by atoms with van der Waals surface area (Å²) in [7, 11) is 0. The van der Waals surface area contributed by atoms with Crippen molar-refractivity contribution < 1.29 is 41.7 Å². The van der Waals surface area contributed by atoms with Crippen LogP contribution in [0.1, 0.15) is 44.7 Å². The van der Waals surface area contributed by atoms with E-state index in [2.05, 4.69) is 15.6 Å². The van der Waals surface area contributed by atoms with Crippen molar-refractivity contribution in [2.75, 3.05) is 13.2 Å². The second kappa shape index (κ2) is 10.2. The van der Waals surface area contributed by atoms with E-state index in [9.17, 15) is 32.3 Å². The number of benzene rings is 1. The highest BCUT2D eigenvalue weighted by atomic mass is 35.5. The number of fused-ring (bicyclic) bond motifs is 3. The molecule has 38 heavy (non-hydrogen) atoms. The molecular formula is C25H26ClF4N3O5. The second-order valence-corrected chi connectivity index (χ2v) is 10.3. The number of aliphatic hydroxyl groups is 1. The van der Waals surface area contributed by atoms with Crippen molar-refractivity contribution in [3.8, 4) is 11.5 Å². The average molecular weight is 560 g/mol. The molecule has 1 aromatic heterocycles. The lowest BCUT2D eigenvalue weighted by atomic mass is 9.54. The molecule has 2 amide bonds. The first-order valence-corrected chi connectivity index (χ1v) is 12.2. The molecule has 3 N–H and O–H groups in total. The van der Waals surface area contributed by atoms with Gasteiger partial charge in [-0.15, -0.1) is 0 Å². The minimum atomic E-state index is -4.58. The number of carbonyl (C=O) groups excluding carboxylic acids is 2. The van der Waals surface area contributed by atoms with Gasteiger partial charge in [0, 0.05) is 18.0 Å². The SMILES string of the molecule is C[C@]1(O)CC2(NC(=O)COc3ccc(Cl)c(F)c3)CCC1(NC(=O)COc1ccc(C(F)(F)F)nc1)CC2. The molecule has 0 aliphatic heterocycles. The van der Waals surface area contributed by atoms with Gasteiger partial charge in [0.1, 0.15) is 23.0 Å². The minimum Gasteiger partial charge on any atom is -0.484 e. The molecule has 2 bridgehead atoms. The fourth-order valence-electron chi connectivity index (χ4n) is 5.26. The summed E-state index contributed by atoms with van der Waals surface area (Å²) >= 11 is 5.64. The summed E-state index contributed by atoms with van der Waals surface area (Å²) in [6.45, 7) is 0.749. The van der Waals surface area contributed by atoms with Gasteiger partial charge in [-0.25, -0.2) is 9.37 Å². The van der Waals surface area contributed by atoms with Crippen molar-refractivity contribution >= 4 is 23.4 Å². The lowest BCUT2D eigenvalue weighted by molar-refractivity contribution is -0.155. The van der Waals surface area contributed by atoms with Crippen LogP contribution in [0.3, 0.4) is 0 Å². The van der Waals surface area contributed by atoms with Gasteiger partial charge in [0.2, 0.25) is 0 Å². The van der Waals surface area contributed by atoms with Crippen molar-refractivity contribution in [2.24, 2.45) is 0 Å². The Labute approximate surface area is 220 Å². The molecule has 3 aliphatic rings. The van der Waals surface area contributed by atoms with Crippen LogP contribution in [0.15, 0.2) is 36.5 Å². The van der Waals surface area contributed by atoms with E-state index in [4.69, 9.17) is 21.1 Å². The topological polar surface area (TPSA) is 110 Å². The van der Waals surface area contributed by atoms with Gasteiger partial charge in [0.05, 0.1) is 22.4 Å². The van der Waals surface area contributed by atoms with Gasteiger partial charge in [-0.2, -0.15) is 13.2 Å². The third-order valence-corrected chi connectivity index (χ3v) is 7.52. The Hall–Kier alpha value is -3.12. The smallest absolute Gasteiger partial charge is 0.433 e. The molecule has 0 spiro atoms. The monoisotopic (exact) mass is 559 g/mol. The number of carbonyl (C=O) groups is 2. The van der Waals surface area contributed by atoms with Crippen LogP contribution < -0.4 is 20.1 Å². The summed E-state index contributed by atoms with van der Waals surface area (Å²) in [4.78, 5) is 28.5. The van der Waals surface area contributed by atoms with Gasteiger partial charge in [0.15, 0.2) is 13.2 Å². The van der Waals surface area contributed by atoms with Gasteiger partial charge in [-0.3, -0.25) is 9.59 Å². The minimum absolute atomic E-state index is 0.00464. The average Bonchev–Trinajstić information content (AvgIpc) is 2.84. The van der Waals surface area contributed by atoms with Crippen molar-refractivity contribution in [1.82, 2.24) is 15.6 Å². The Kier molecular flexibility index (Phi) is 7.50. The van der Waals surface area contributed by atoms with Crippen molar-refractivity contribution in [3.63, 3.8) is 0 Å². The Morgan fingerprint density at radius 1 is 1.03 bits per heavy atom. The van der Waals surface area contributed by atoms with E-state index in [-0.39, 0.29) is 29.5 Å². The second-order valence-electron chi connectivity index (χ2n) is 9.94. The van der Waals surface area contributed by atoms with E-state index in [1.807, 2.05) is 0 Å². The molecule has 2 aromatic rings. The predicted octanol–water partition coefficient (Wildman–Crippen LogP) is 3.79. The molecule has 3 saturated carbocycles. The molecule has 1 heterocycles. The largest absolute Gasteiger partial charge is 0.484 e. The Balaban J connectivity index is 1.30. The normalized spacial score (nSPS) is 26.5. The number of aromatic nitrogens is 1. The summed E-state index contributed by atoms with van der Waals surface area (Å²) in [5.74, 6) is -1.51. The summed E-state index contributed by atoms with van der Waals surface area (Å²) < 4.78 is 62.1. The van der Waals surface area contributed by atoms with E-state index in [0.717, 1.165) is 24.4 Å². The van der Waals surface area contributed by atoms with Crippen LogP contribution >= 0.6 is 11.6 Å². The van der Waals surface area contributed by atoms with E-state index in [1.54, 1.807) is 6.92 Å². The lowest BCUT2D eigenvalue weighted by Gasteiger charge is -2.61. The molecule has 0 unspecified atom stereocenters. The Morgan fingerprint density at radius 3 is 2.18 bits per heavy atom. The highest BCUT2D eigenvalue weighted by Crippen LogP contribution is 2.52. The van der Waals surface area contributed by atoms with Crippen LogP contribution in [0.5, 0.6) is 11.5 Å². The zero-order valence-corrected chi connectivity index (χ0v) is 21.1. The molecule has 1 aromatic carbocycles. The first-order valence-electron chi connectivity index (χ1n) is 11.8. The number of ether oxygens (including phenoxy) is 2. The number of pyridine rings is 1. The number of nitrogens with zero attached hydrogens (tertiary/aromatic N) is 1. The number of alkyl halides is 3. The maximum Gasteiger partial charge on any atom is 0.433 e. The van der Waals surface area contributed by atoms with E-state index < -0.39 is 52.8 Å². The van der Waals surface area contributed by atoms with Crippen LogP contribution in [0.2, 0.25) is 5.02 Å². The molecule has 3 fully saturated rings. The Bertz CT molecular complexity index is 1200. The first kappa shape index (κ1) is 27.9. The molecular weight excluding hydrogens is 534 g/mol. The molecule has 5 rings (SSSR count). The van der Waals surface area contributed by atoms with Gasteiger partial charge < -0.3 is 25.2 Å². The van der Waals surface area contributed by atoms with Crippen LogP contribution in [0.4, 0.5) is 17.6 Å². The number of hydrogen-bond donors (Lipinski definition) is 3. The maximum absolute atomic E-state index is 13.6. The standard InChI is InChI=1S/C25H26ClF4N3O5/c1-22(36)14-23(32-20(34)12-37-15-2-4-17(26)18(27)10-15)6-8-24(22,9-7-23)33-21(35)13-38-16-3-5-19(31-11-16)25(28,29)30/h2-5,10-11,36H,6-9,12-14H2,1H3,(H,32,34)(H,33,35)/t22-,23?,24?/m0/s1. The summed E-state index contributed by atoms with van der Waals surface area (Å²) in [6.07, 6.45) is -1.82. The van der Waals surface area contributed by atoms with E-state index in [0.29, 0.717) is 25.7 Å². The molecule has 3 aliphatic carbocycles. The first-order chi connectivity index (χ1) is 17.7. The van der Waals surface area contributed by atoms with Crippen LogP contribution in [-0.2, 0) is 15.8 Å². The number of hydrogen-bond acceptors (Lipinski definition) is 6. The lowest BCUT2D eigenvalue weighted by Crippen LogP contribution is -2.75. The van der Waals surface area contributed by atoms with Gasteiger partial charge >= 0.3 is 6.18 Å². The van der Waals surface area contributed by atoms with Gasteiger partial charge in [-0.1, -0.05) is 11.6 Å². The maximum atomic E-state index is 13.6. The fraction of sp³-hybridized carbons (Fsp3) is 0.480.